The Labute approximate surface area is 163 Å². The van der Waals surface area contributed by atoms with Gasteiger partial charge in [0.05, 0.1) is 6.07 Å². The Morgan fingerprint density at radius 2 is 1.85 bits per heavy atom. The number of nitriles is 1. The van der Waals surface area contributed by atoms with Gasteiger partial charge in [-0.05, 0) is 49.9 Å². The number of rotatable bonds is 9. The van der Waals surface area contributed by atoms with Crippen molar-refractivity contribution in [2.45, 2.75) is 51.6 Å². The molecule has 0 fully saturated rings. The number of carboxylic acids is 1. The quantitative estimate of drug-likeness (QED) is 0.595. The highest BCUT2D eigenvalue weighted by Crippen LogP contribution is 2.17. The van der Waals surface area contributed by atoms with Gasteiger partial charge < -0.3 is 15.7 Å². The summed E-state index contributed by atoms with van der Waals surface area (Å²) in [6, 6.07) is 6.99. The van der Waals surface area contributed by atoms with Crippen LogP contribution in [0.3, 0.4) is 0 Å². The third-order valence-electron chi connectivity index (χ3n) is 4.04. The third kappa shape index (κ3) is 6.91. The number of carboxylic acid groups (broad SMARTS) is 1. The second-order valence-corrected chi connectivity index (χ2v) is 7.38. The standard InChI is InChI=1S/C19H24ClN3O4/c1-12(2)11-15(17(25)26)22-18(27)19(3,9-4-10-21)23-16(24)13-5-7-14(20)8-6-13/h5-8,12,15H,4,9,11H2,1-3H3,(H,22,27)(H,23,24)(H,25,26)/t15-,19+/m0/s1. The van der Waals surface area contributed by atoms with E-state index in [4.69, 9.17) is 16.9 Å². The molecule has 146 valence electrons. The Morgan fingerprint density at radius 3 is 2.33 bits per heavy atom. The number of benzene rings is 1. The molecule has 0 unspecified atom stereocenters. The number of amides is 2. The number of carbonyl (C=O) groups is 3. The summed E-state index contributed by atoms with van der Waals surface area (Å²) in [7, 11) is 0. The predicted molar refractivity (Wildman–Crippen MR) is 101 cm³/mol. The van der Waals surface area contributed by atoms with E-state index in [1.54, 1.807) is 12.1 Å². The maximum atomic E-state index is 12.8. The minimum Gasteiger partial charge on any atom is -0.480 e. The maximum Gasteiger partial charge on any atom is 0.326 e. The van der Waals surface area contributed by atoms with Gasteiger partial charge in [0.25, 0.3) is 5.91 Å². The molecule has 0 saturated carbocycles. The van der Waals surface area contributed by atoms with Crippen molar-refractivity contribution in [3.63, 3.8) is 0 Å². The van der Waals surface area contributed by atoms with Crippen LogP contribution in [-0.2, 0) is 9.59 Å². The van der Waals surface area contributed by atoms with E-state index in [1.807, 2.05) is 19.9 Å². The first-order valence-corrected chi connectivity index (χ1v) is 8.95. The van der Waals surface area contributed by atoms with Crippen molar-refractivity contribution < 1.29 is 19.5 Å². The molecule has 1 rings (SSSR count). The van der Waals surface area contributed by atoms with Crippen molar-refractivity contribution in [3.05, 3.63) is 34.9 Å². The zero-order valence-corrected chi connectivity index (χ0v) is 16.3. The fourth-order valence-corrected chi connectivity index (χ4v) is 2.60. The van der Waals surface area contributed by atoms with E-state index in [-0.39, 0.29) is 25.2 Å². The second-order valence-electron chi connectivity index (χ2n) is 6.95. The number of nitrogens with zero attached hydrogens (tertiary/aromatic N) is 1. The zero-order chi connectivity index (χ0) is 20.6. The van der Waals surface area contributed by atoms with E-state index < -0.39 is 29.4 Å². The smallest absolute Gasteiger partial charge is 0.326 e. The summed E-state index contributed by atoms with van der Waals surface area (Å²) < 4.78 is 0. The number of hydrogen-bond acceptors (Lipinski definition) is 4. The van der Waals surface area contributed by atoms with Crippen molar-refractivity contribution in [2.75, 3.05) is 0 Å². The predicted octanol–water partition coefficient (Wildman–Crippen LogP) is 2.75. The van der Waals surface area contributed by atoms with Crippen molar-refractivity contribution in [2.24, 2.45) is 5.92 Å². The Bertz CT molecular complexity index is 727. The highest BCUT2D eigenvalue weighted by Gasteiger charge is 2.37. The van der Waals surface area contributed by atoms with Crippen LogP contribution >= 0.6 is 11.6 Å². The fourth-order valence-electron chi connectivity index (χ4n) is 2.47. The van der Waals surface area contributed by atoms with Crippen LogP contribution in [0.4, 0.5) is 0 Å². The van der Waals surface area contributed by atoms with Crippen LogP contribution in [0.5, 0.6) is 0 Å². The van der Waals surface area contributed by atoms with Crippen LogP contribution < -0.4 is 10.6 Å². The van der Waals surface area contributed by atoms with Gasteiger partial charge in [0, 0.05) is 17.0 Å². The van der Waals surface area contributed by atoms with Gasteiger partial charge in [0.1, 0.15) is 11.6 Å². The molecule has 27 heavy (non-hydrogen) atoms. The molecule has 2 amide bonds. The van der Waals surface area contributed by atoms with E-state index in [9.17, 15) is 19.5 Å². The van der Waals surface area contributed by atoms with Gasteiger partial charge in [0.15, 0.2) is 0 Å². The lowest BCUT2D eigenvalue weighted by atomic mass is 9.93. The Balaban J connectivity index is 3.00. The Morgan fingerprint density at radius 1 is 1.26 bits per heavy atom. The molecule has 0 saturated heterocycles. The third-order valence-corrected chi connectivity index (χ3v) is 4.30. The van der Waals surface area contributed by atoms with Gasteiger partial charge in [-0.15, -0.1) is 0 Å². The Kier molecular flexibility index (Phi) is 8.26. The number of aliphatic carboxylic acids is 1. The average molecular weight is 394 g/mol. The Hall–Kier alpha value is -2.59. The summed E-state index contributed by atoms with van der Waals surface area (Å²) in [6.45, 7) is 5.17. The molecule has 0 bridgehead atoms. The summed E-state index contributed by atoms with van der Waals surface area (Å²) >= 11 is 5.81. The average Bonchev–Trinajstić information content (AvgIpc) is 2.59. The summed E-state index contributed by atoms with van der Waals surface area (Å²) in [6.07, 6.45) is 0.315. The minimum atomic E-state index is -1.43. The van der Waals surface area contributed by atoms with Crippen molar-refractivity contribution >= 4 is 29.4 Å². The maximum absolute atomic E-state index is 12.8. The molecule has 3 N–H and O–H groups in total. The molecule has 1 aromatic rings. The lowest BCUT2D eigenvalue weighted by Crippen LogP contribution is -2.59. The first kappa shape index (κ1) is 22.5. The molecule has 0 aromatic heterocycles. The van der Waals surface area contributed by atoms with Crippen LogP contribution in [0.25, 0.3) is 0 Å². The molecule has 1 aromatic carbocycles. The van der Waals surface area contributed by atoms with Crippen LogP contribution in [0.1, 0.15) is 50.4 Å². The second kappa shape index (κ2) is 9.93. The van der Waals surface area contributed by atoms with Gasteiger partial charge in [-0.1, -0.05) is 25.4 Å². The first-order valence-electron chi connectivity index (χ1n) is 8.58. The fraction of sp³-hybridized carbons (Fsp3) is 0.474. The topological polar surface area (TPSA) is 119 Å². The number of hydrogen-bond donors (Lipinski definition) is 3. The highest BCUT2D eigenvalue weighted by atomic mass is 35.5. The number of nitrogens with one attached hydrogen (secondary N) is 2. The molecular formula is C19H24ClN3O4. The minimum absolute atomic E-state index is 0.0206. The highest BCUT2D eigenvalue weighted by molar-refractivity contribution is 6.30. The van der Waals surface area contributed by atoms with Gasteiger partial charge in [-0.2, -0.15) is 5.26 Å². The first-order chi connectivity index (χ1) is 12.6. The van der Waals surface area contributed by atoms with Gasteiger partial charge in [0.2, 0.25) is 5.91 Å². The normalized spacial score (nSPS) is 13.9. The van der Waals surface area contributed by atoms with E-state index in [0.29, 0.717) is 10.6 Å². The SMILES string of the molecule is CC(C)C[C@H](NC(=O)[C@@](C)(CCC#N)NC(=O)c1ccc(Cl)cc1)C(=O)O. The molecule has 2 atom stereocenters. The molecule has 0 spiro atoms. The monoisotopic (exact) mass is 393 g/mol. The van der Waals surface area contributed by atoms with Gasteiger partial charge in [-0.3, -0.25) is 9.59 Å². The van der Waals surface area contributed by atoms with Gasteiger partial charge in [-0.25, -0.2) is 4.79 Å². The van der Waals surface area contributed by atoms with Crippen molar-refractivity contribution in [3.8, 4) is 6.07 Å². The summed E-state index contributed by atoms with van der Waals surface area (Å²) in [5, 5.41) is 23.8. The molecule has 0 heterocycles. The largest absolute Gasteiger partial charge is 0.480 e. The summed E-state index contributed by atoms with van der Waals surface area (Å²) in [5.41, 5.74) is -1.13. The lowest BCUT2D eigenvalue weighted by molar-refractivity contribution is -0.143. The zero-order valence-electron chi connectivity index (χ0n) is 15.6. The van der Waals surface area contributed by atoms with E-state index in [2.05, 4.69) is 10.6 Å². The summed E-state index contributed by atoms with van der Waals surface area (Å²) in [4.78, 5) is 36.7. The van der Waals surface area contributed by atoms with Crippen LogP contribution in [0.2, 0.25) is 5.02 Å². The van der Waals surface area contributed by atoms with Crippen molar-refractivity contribution in [1.82, 2.24) is 10.6 Å². The number of carbonyl (C=O) groups excluding carboxylic acids is 2. The van der Waals surface area contributed by atoms with E-state index in [0.717, 1.165) is 0 Å². The van der Waals surface area contributed by atoms with Gasteiger partial charge >= 0.3 is 5.97 Å². The van der Waals surface area contributed by atoms with Crippen molar-refractivity contribution in [1.29, 1.82) is 5.26 Å². The van der Waals surface area contributed by atoms with Crippen LogP contribution in [0.15, 0.2) is 24.3 Å². The molecule has 0 aliphatic carbocycles. The summed E-state index contributed by atoms with van der Waals surface area (Å²) in [5.74, 6) is -2.25. The molecule has 0 aliphatic rings. The van der Waals surface area contributed by atoms with E-state index in [1.165, 1.54) is 19.1 Å². The molecule has 7 nitrogen and oxygen atoms in total. The van der Waals surface area contributed by atoms with Crippen LogP contribution in [0, 0.1) is 17.2 Å². The molecule has 0 radical (unpaired) electrons. The lowest BCUT2D eigenvalue weighted by Gasteiger charge is -2.30. The number of halogens is 1. The molecule has 8 heteroatoms. The van der Waals surface area contributed by atoms with Crippen LogP contribution in [-0.4, -0.2) is 34.5 Å². The van der Waals surface area contributed by atoms with E-state index >= 15 is 0 Å². The molecular weight excluding hydrogens is 370 g/mol. The molecule has 0 aliphatic heterocycles.